The molecule has 3 saturated heterocycles. The van der Waals surface area contributed by atoms with Crippen LogP contribution < -0.4 is 5.32 Å². The third-order valence-corrected chi connectivity index (χ3v) is 6.34. The largest absolute Gasteiger partial charge is 0.347 e. The van der Waals surface area contributed by atoms with E-state index in [0.29, 0.717) is 16.4 Å². The molecule has 5 rings (SSSR count). The van der Waals surface area contributed by atoms with Crippen LogP contribution in [0.25, 0.3) is 11.1 Å². The van der Waals surface area contributed by atoms with Crippen molar-refractivity contribution in [2.24, 2.45) is 5.92 Å². The van der Waals surface area contributed by atoms with E-state index in [1.165, 1.54) is 37.3 Å². The first kappa shape index (κ1) is 16.5. The number of Topliss-reactive ketones (excluding diaryl/α,β-unsaturated/α-hetero) is 1. The van der Waals surface area contributed by atoms with Crippen LogP contribution in [0.15, 0.2) is 35.7 Å². The highest BCUT2D eigenvalue weighted by molar-refractivity contribution is 7.12. The van der Waals surface area contributed by atoms with Crippen molar-refractivity contribution in [3.05, 3.63) is 46.2 Å². The monoisotopic (exact) mass is 354 g/mol. The second kappa shape index (κ2) is 6.73. The van der Waals surface area contributed by atoms with E-state index in [9.17, 15) is 9.59 Å². The van der Waals surface area contributed by atoms with Crippen LogP contribution >= 0.6 is 11.3 Å². The summed E-state index contributed by atoms with van der Waals surface area (Å²) in [6.07, 6.45) is 2.37. The molecule has 0 saturated carbocycles. The Morgan fingerprint density at radius 1 is 1.20 bits per heavy atom. The Kier molecular flexibility index (Phi) is 4.44. The van der Waals surface area contributed by atoms with Crippen molar-refractivity contribution < 1.29 is 9.59 Å². The lowest BCUT2D eigenvalue weighted by Crippen LogP contribution is -2.57. The van der Waals surface area contributed by atoms with E-state index in [0.717, 1.165) is 17.7 Å². The first-order chi connectivity index (χ1) is 12.1. The van der Waals surface area contributed by atoms with Gasteiger partial charge in [-0.3, -0.25) is 9.59 Å². The molecule has 0 radical (unpaired) electrons. The van der Waals surface area contributed by atoms with Crippen LogP contribution in [-0.2, 0) is 0 Å². The third-order valence-electron chi connectivity index (χ3n) is 5.41. The number of carbonyl (C=O) groups excluding carboxylic acids is 2. The zero-order valence-corrected chi connectivity index (χ0v) is 15.1. The molecule has 0 unspecified atom stereocenters. The molecule has 1 aromatic heterocycles. The van der Waals surface area contributed by atoms with E-state index < -0.39 is 0 Å². The number of benzene rings is 1. The van der Waals surface area contributed by atoms with Crippen molar-refractivity contribution in [2.45, 2.75) is 25.8 Å². The minimum atomic E-state index is 0.00954. The summed E-state index contributed by atoms with van der Waals surface area (Å²) in [5.74, 6) is 0.669. The molecule has 1 atom stereocenters. The zero-order valence-electron chi connectivity index (χ0n) is 14.3. The number of nitrogens with one attached hydrogen (secondary N) is 1. The van der Waals surface area contributed by atoms with Gasteiger partial charge in [-0.2, -0.15) is 0 Å². The average Bonchev–Trinajstić information content (AvgIpc) is 3.13. The highest BCUT2D eigenvalue weighted by Crippen LogP contribution is 2.30. The van der Waals surface area contributed by atoms with E-state index in [2.05, 4.69) is 10.2 Å². The van der Waals surface area contributed by atoms with E-state index in [-0.39, 0.29) is 17.7 Å². The van der Waals surface area contributed by atoms with Crippen molar-refractivity contribution in [3.63, 3.8) is 0 Å². The number of carbonyl (C=O) groups is 2. The predicted octanol–water partition coefficient (Wildman–Crippen LogP) is 3.44. The van der Waals surface area contributed by atoms with Gasteiger partial charge in [-0.1, -0.05) is 24.3 Å². The van der Waals surface area contributed by atoms with Gasteiger partial charge in [0, 0.05) is 18.2 Å². The molecule has 1 aromatic carbocycles. The summed E-state index contributed by atoms with van der Waals surface area (Å²) in [7, 11) is 0. The van der Waals surface area contributed by atoms with Gasteiger partial charge in [-0.15, -0.1) is 11.3 Å². The van der Waals surface area contributed by atoms with E-state index >= 15 is 0 Å². The molecule has 2 aromatic rings. The number of ketones is 1. The summed E-state index contributed by atoms with van der Waals surface area (Å²) < 4.78 is 0. The van der Waals surface area contributed by atoms with E-state index in [4.69, 9.17) is 0 Å². The summed E-state index contributed by atoms with van der Waals surface area (Å²) in [6, 6.07) is 9.74. The molecule has 1 N–H and O–H groups in total. The molecular weight excluding hydrogens is 332 g/mol. The average molecular weight is 354 g/mol. The van der Waals surface area contributed by atoms with Crippen molar-refractivity contribution in [2.75, 3.05) is 19.6 Å². The lowest BCUT2D eigenvalue weighted by atomic mass is 9.84. The second-order valence-electron chi connectivity index (χ2n) is 7.02. The molecule has 1 amide bonds. The first-order valence-electron chi connectivity index (χ1n) is 8.84. The Morgan fingerprint density at radius 3 is 2.64 bits per heavy atom. The van der Waals surface area contributed by atoms with Crippen LogP contribution in [0.3, 0.4) is 0 Å². The number of hydrogen-bond acceptors (Lipinski definition) is 4. The quantitative estimate of drug-likeness (QED) is 0.856. The van der Waals surface area contributed by atoms with Gasteiger partial charge in [0.25, 0.3) is 5.91 Å². The number of amides is 1. The van der Waals surface area contributed by atoms with E-state index in [1.54, 1.807) is 6.92 Å². The van der Waals surface area contributed by atoms with Crippen molar-refractivity contribution in [1.82, 2.24) is 10.2 Å². The van der Waals surface area contributed by atoms with Gasteiger partial charge in [0.2, 0.25) is 0 Å². The van der Waals surface area contributed by atoms with Crippen molar-refractivity contribution in [1.29, 1.82) is 0 Å². The maximum Gasteiger partial charge on any atom is 0.261 e. The number of thiophene rings is 1. The summed E-state index contributed by atoms with van der Waals surface area (Å²) in [6.45, 7) is 4.89. The Bertz CT molecular complexity index is 806. The Balaban J connectivity index is 1.51. The molecule has 3 fully saturated rings. The molecule has 4 heterocycles. The molecule has 25 heavy (non-hydrogen) atoms. The predicted molar refractivity (Wildman–Crippen MR) is 100 cm³/mol. The smallest absolute Gasteiger partial charge is 0.261 e. The van der Waals surface area contributed by atoms with Gasteiger partial charge >= 0.3 is 0 Å². The molecule has 130 valence electrons. The van der Waals surface area contributed by atoms with Gasteiger partial charge in [0.05, 0.1) is 4.88 Å². The molecule has 4 nitrogen and oxygen atoms in total. The van der Waals surface area contributed by atoms with Gasteiger partial charge in [-0.05, 0) is 61.3 Å². The highest BCUT2D eigenvalue weighted by atomic mass is 32.1. The maximum atomic E-state index is 12.7. The van der Waals surface area contributed by atoms with Crippen molar-refractivity contribution >= 4 is 23.0 Å². The van der Waals surface area contributed by atoms with Gasteiger partial charge < -0.3 is 10.2 Å². The Labute approximate surface area is 151 Å². The van der Waals surface area contributed by atoms with Crippen LogP contribution in [0.2, 0.25) is 0 Å². The Hall–Kier alpha value is -1.98. The van der Waals surface area contributed by atoms with Crippen LogP contribution in [0.5, 0.6) is 0 Å². The van der Waals surface area contributed by atoms with Crippen LogP contribution in [0.1, 0.15) is 39.8 Å². The summed E-state index contributed by atoms with van der Waals surface area (Å²) in [5, 5.41) is 5.20. The number of piperidine rings is 3. The summed E-state index contributed by atoms with van der Waals surface area (Å²) >= 11 is 1.44. The third kappa shape index (κ3) is 3.26. The molecule has 5 heteroatoms. The molecule has 3 aliphatic rings. The normalized spacial score (nSPS) is 24.9. The Morgan fingerprint density at radius 2 is 1.96 bits per heavy atom. The lowest BCUT2D eigenvalue weighted by molar-refractivity contribution is 0.0622. The van der Waals surface area contributed by atoms with Gasteiger partial charge in [0.15, 0.2) is 5.78 Å². The van der Waals surface area contributed by atoms with Gasteiger partial charge in [0.1, 0.15) is 0 Å². The topological polar surface area (TPSA) is 49.4 Å². The summed E-state index contributed by atoms with van der Waals surface area (Å²) in [4.78, 5) is 27.7. The number of fused-ring (bicyclic) bond motifs is 3. The maximum absolute atomic E-state index is 12.7. The van der Waals surface area contributed by atoms with Crippen LogP contribution in [0, 0.1) is 5.92 Å². The molecule has 0 spiro atoms. The zero-order chi connectivity index (χ0) is 17.4. The number of nitrogens with zero attached hydrogens (tertiary/aromatic N) is 1. The molecule has 3 aliphatic heterocycles. The van der Waals surface area contributed by atoms with Crippen LogP contribution in [0.4, 0.5) is 0 Å². The lowest BCUT2D eigenvalue weighted by Gasteiger charge is -2.44. The number of hydrogen-bond donors (Lipinski definition) is 1. The fourth-order valence-electron chi connectivity index (χ4n) is 4.01. The SMILES string of the molecule is CC(=O)c1ccccc1-c1csc(C(=O)N[C@H]2CN3CCC2CC3)c1. The molecule has 0 aliphatic carbocycles. The minimum Gasteiger partial charge on any atom is -0.347 e. The first-order valence-corrected chi connectivity index (χ1v) is 9.72. The highest BCUT2D eigenvalue weighted by Gasteiger charge is 2.35. The molecular formula is C20H22N2O2S. The number of rotatable bonds is 4. The van der Waals surface area contributed by atoms with Crippen molar-refractivity contribution in [3.8, 4) is 11.1 Å². The summed E-state index contributed by atoms with van der Waals surface area (Å²) in [5.41, 5.74) is 2.53. The molecule has 2 bridgehead atoms. The second-order valence-corrected chi connectivity index (χ2v) is 7.93. The fourth-order valence-corrected chi connectivity index (χ4v) is 4.82. The van der Waals surface area contributed by atoms with Crippen LogP contribution in [-0.4, -0.2) is 42.3 Å². The fraction of sp³-hybridized carbons (Fsp3) is 0.400. The minimum absolute atomic E-state index is 0.00954. The standard InChI is InChI=1S/C20H22N2O2S/c1-13(23)16-4-2-3-5-17(16)15-10-19(25-12-15)20(24)21-18-11-22-8-6-14(18)7-9-22/h2-5,10,12,14,18H,6-9,11H2,1H3,(H,21,24)/t18-/m0/s1. The van der Waals surface area contributed by atoms with Gasteiger partial charge in [-0.25, -0.2) is 0 Å². The van der Waals surface area contributed by atoms with E-state index in [1.807, 2.05) is 35.7 Å².